The summed E-state index contributed by atoms with van der Waals surface area (Å²) in [6, 6.07) is 15.2. The number of aryl methyl sites for hydroxylation is 1. The number of fused-ring (bicyclic) bond motifs is 2. The van der Waals surface area contributed by atoms with E-state index in [0.717, 1.165) is 57.4 Å². The average molecular weight is 453 g/mol. The van der Waals surface area contributed by atoms with Crippen LogP contribution >= 0.6 is 11.6 Å². The number of nitrogens with zero attached hydrogens (tertiary/aromatic N) is 2. The Morgan fingerprint density at radius 3 is 2.81 bits per heavy atom. The fourth-order valence-electron chi connectivity index (χ4n) is 6.74. The summed E-state index contributed by atoms with van der Waals surface area (Å²) in [4.78, 5) is 21.1. The minimum Gasteiger partial charge on any atom is -0.345 e. The van der Waals surface area contributed by atoms with Crippen molar-refractivity contribution in [3.05, 3.63) is 64.4 Å². The number of amides is 1. The van der Waals surface area contributed by atoms with Crippen molar-refractivity contribution in [3.63, 3.8) is 0 Å². The fourth-order valence-corrected chi connectivity index (χ4v) is 6.91. The highest BCUT2D eigenvalue weighted by Gasteiger charge is 2.55. The molecule has 5 heteroatoms. The van der Waals surface area contributed by atoms with E-state index in [0.29, 0.717) is 28.9 Å². The van der Waals surface area contributed by atoms with Crippen LogP contribution in [0.2, 0.25) is 5.15 Å². The molecule has 0 radical (unpaired) electrons. The summed E-state index contributed by atoms with van der Waals surface area (Å²) in [6.07, 6.45) is 5.24. The molecular weight excluding hydrogens is 418 g/mol. The number of likely N-dealkylation sites (tertiary alicyclic amines) is 1. The molecule has 2 unspecified atom stereocenters. The molecule has 2 N–H and O–H groups in total. The Morgan fingerprint density at radius 1 is 1.22 bits per heavy atom. The molecule has 4 nitrogen and oxygen atoms in total. The second-order valence-corrected chi connectivity index (χ2v) is 10.8. The number of pyridine rings is 1. The van der Waals surface area contributed by atoms with E-state index in [2.05, 4.69) is 65.4 Å². The third kappa shape index (κ3) is 3.76. The van der Waals surface area contributed by atoms with Crippen LogP contribution in [0.3, 0.4) is 0 Å². The number of halogens is 1. The normalized spacial score (nSPS) is 30.0. The maximum Gasteiger partial charge on any atom is 0.232 e. The number of carbonyl (C=O) groups is 1. The highest BCUT2D eigenvalue weighted by molar-refractivity contribution is 6.29. The molecule has 1 aromatic heterocycles. The van der Waals surface area contributed by atoms with Gasteiger partial charge in [-0.05, 0) is 61.1 Å². The number of quaternary nitrogens is 1. The van der Waals surface area contributed by atoms with Gasteiger partial charge in [0.05, 0.1) is 18.5 Å². The van der Waals surface area contributed by atoms with Crippen LogP contribution in [0.1, 0.15) is 62.3 Å². The van der Waals surface area contributed by atoms with Crippen LogP contribution < -0.4 is 5.32 Å². The van der Waals surface area contributed by atoms with E-state index >= 15 is 0 Å². The van der Waals surface area contributed by atoms with Gasteiger partial charge in [0.15, 0.2) is 0 Å². The molecule has 5 rings (SSSR count). The zero-order valence-corrected chi connectivity index (χ0v) is 20.0. The Hall–Kier alpha value is -1.91. The van der Waals surface area contributed by atoms with Crippen LogP contribution in [0.25, 0.3) is 0 Å². The number of piperidine rings is 1. The largest absolute Gasteiger partial charge is 0.345 e. The minimum atomic E-state index is -0.0972. The summed E-state index contributed by atoms with van der Waals surface area (Å²) in [5.41, 5.74) is 3.71. The van der Waals surface area contributed by atoms with Gasteiger partial charge < -0.3 is 10.2 Å². The Kier molecular flexibility index (Phi) is 6.02. The van der Waals surface area contributed by atoms with Gasteiger partial charge in [0.1, 0.15) is 11.1 Å². The standard InChI is InChI=1S/C27H34ClN3O/c1-18(2)24-15-20(19-7-4-3-5-8-19)12-14-31(24)26(32)22-16-29-17-27(22)13-6-9-23-21(27)10-11-25(28)30-23/h3-5,7-8,10-11,18,20,22,24,29H,6,9,12-17H2,1-2H3/p+1/t20?,22-,24?,27-/m0/s1. The molecule has 2 aromatic rings. The molecule has 2 aliphatic heterocycles. The van der Waals surface area contributed by atoms with Crippen LogP contribution in [0.15, 0.2) is 42.5 Å². The lowest BCUT2D eigenvalue weighted by atomic mass is 9.65. The quantitative estimate of drug-likeness (QED) is 0.717. The van der Waals surface area contributed by atoms with Crippen molar-refractivity contribution >= 4 is 17.5 Å². The van der Waals surface area contributed by atoms with E-state index < -0.39 is 0 Å². The maximum atomic E-state index is 14.2. The monoisotopic (exact) mass is 452 g/mol. The molecule has 0 bridgehead atoms. The first-order valence-electron chi connectivity index (χ1n) is 12.3. The van der Waals surface area contributed by atoms with Crippen molar-refractivity contribution in [2.45, 2.75) is 63.3 Å². The number of carbonyl (C=O) groups excluding carboxylic acids is 1. The fraction of sp³-hybridized carbons (Fsp3) is 0.556. The van der Waals surface area contributed by atoms with Crippen molar-refractivity contribution in [2.75, 3.05) is 19.6 Å². The third-order valence-corrected chi connectivity index (χ3v) is 8.57. The van der Waals surface area contributed by atoms with Gasteiger partial charge >= 0.3 is 0 Å². The molecule has 1 amide bonds. The SMILES string of the molecule is CC(C)C1CC(c2ccccc2)CCN1C(=O)[C@@H]1C[NH2+]C[C@]12CCCc1nc(Cl)ccc12. The molecule has 1 aliphatic carbocycles. The number of nitrogens with two attached hydrogens (primary N) is 1. The molecule has 0 saturated carbocycles. The summed E-state index contributed by atoms with van der Waals surface area (Å²) in [5.74, 6) is 1.38. The van der Waals surface area contributed by atoms with E-state index in [1.54, 1.807) is 0 Å². The Morgan fingerprint density at radius 2 is 2.03 bits per heavy atom. The summed E-state index contributed by atoms with van der Waals surface area (Å²) in [7, 11) is 0. The molecule has 32 heavy (non-hydrogen) atoms. The highest BCUT2D eigenvalue weighted by Crippen LogP contribution is 2.45. The van der Waals surface area contributed by atoms with Crippen LogP contribution in [-0.4, -0.2) is 41.5 Å². The second-order valence-electron chi connectivity index (χ2n) is 10.4. The summed E-state index contributed by atoms with van der Waals surface area (Å²) in [5, 5.41) is 2.92. The first-order chi connectivity index (χ1) is 15.5. The van der Waals surface area contributed by atoms with Crippen molar-refractivity contribution in [1.82, 2.24) is 9.88 Å². The molecule has 1 aromatic carbocycles. The number of benzene rings is 1. The molecule has 2 saturated heterocycles. The van der Waals surface area contributed by atoms with Crippen LogP contribution in [0.5, 0.6) is 0 Å². The Bertz CT molecular complexity index is 978. The molecule has 2 fully saturated rings. The molecule has 1 spiro atoms. The minimum absolute atomic E-state index is 0.0269. The average Bonchev–Trinajstić information content (AvgIpc) is 3.22. The van der Waals surface area contributed by atoms with Crippen LogP contribution in [0.4, 0.5) is 0 Å². The summed E-state index contributed by atoms with van der Waals surface area (Å²) < 4.78 is 0. The second kappa shape index (κ2) is 8.79. The number of hydrogen-bond donors (Lipinski definition) is 1. The third-order valence-electron chi connectivity index (χ3n) is 8.36. The van der Waals surface area contributed by atoms with Crippen molar-refractivity contribution in [3.8, 4) is 0 Å². The lowest BCUT2D eigenvalue weighted by molar-refractivity contribution is -0.640. The smallest absolute Gasteiger partial charge is 0.232 e. The van der Waals surface area contributed by atoms with Gasteiger partial charge in [-0.2, -0.15) is 0 Å². The van der Waals surface area contributed by atoms with Gasteiger partial charge in [0.25, 0.3) is 0 Å². The molecule has 4 atom stereocenters. The Balaban J connectivity index is 1.42. The van der Waals surface area contributed by atoms with Crippen molar-refractivity contribution in [2.24, 2.45) is 11.8 Å². The molecular formula is C27H35ClN3O+. The molecule has 170 valence electrons. The van der Waals surface area contributed by atoms with Gasteiger partial charge in [-0.15, -0.1) is 0 Å². The predicted octanol–water partition coefficient (Wildman–Crippen LogP) is 3.93. The van der Waals surface area contributed by atoms with Crippen LogP contribution in [0, 0.1) is 11.8 Å². The number of rotatable bonds is 3. The first-order valence-corrected chi connectivity index (χ1v) is 12.7. The number of hydrogen-bond acceptors (Lipinski definition) is 2. The van der Waals surface area contributed by atoms with Gasteiger partial charge in [-0.25, -0.2) is 4.98 Å². The van der Waals surface area contributed by atoms with Crippen LogP contribution in [-0.2, 0) is 16.6 Å². The van der Waals surface area contributed by atoms with E-state index in [1.165, 1.54) is 11.1 Å². The van der Waals surface area contributed by atoms with Gasteiger partial charge in [-0.3, -0.25) is 4.79 Å². The van der Waals surface area contributed by atoms with E-state index in [4.69, 9.17) is 11.6 Å². The topological polar surface area (TPSA) is 49.8 Å². The molecule has 3 heterocycles. The van der Waals surface area contributed by atoms with Gasteiger partial charge in [-0.1, -0.05) is 61.8 Å². The number of aromatic nitrogens is 1. The van der Waals surface area contributed by atoms with E-state index in [9.17, 15) is 4.79 Å². The van der Waals surface area contributed by atoms with Gasteiger partial charge in [0, 0.05) is 18.3 Å². The predicted molar refractivity (Wildman–Crippen MR) is 128 cm³/mol. The van der Waals surface area contributed by atoms with Crippen molar-refractivity contribution in [1.29, 1.82) is 0 Å². The zero-order valence-electron chi connectivity index (χ0n) is 19.3. The van der Waals surface area contributed by atoms with Gasteiger partial charge in [0.2, 0.25) is 5.91 Å². The van der Waals surface area contributed by atoms with Crippen molar-refractivity contribution < 1.29 is 10.1 Å². The summed E-state index contributed by atoms with van der Waals surface area (Å²) >= 11 is 6.22. The maximum absolute atomic E-state index is 14.2. The highest BCUT2D eigenvalue weighted by atomic mass is 35.5. The lowest BCUT2D eigenvalue weighted by Crippen LogP contribution is -2.82. The van der Waals surface area contributed by atoms with E-state index in [-0.39, 0.29) is 11.3 Å². The zero-order chi connectivity index (χ0) is 22.3. The first kappa shape index (κ1) is 21.9. The van der Waals surface area contributed by atoms with E-state index in [1.807, 2.05) is 6.07 Å². The molecule has 3 aliphatic rings. The Labute approximate surface area is 196 Å². The lowest BCUT2D eigenvalue weighted by Gasteiger charge is -2.45. The summed E-state index contributed by atoms with van der Waals surface area (Å²) in [6.45, 7) is 7.27.